The minimum absolute atomic E-state index is 0.0364. The summed E-state index contributed by atoms with van der Waals surface area (Å²) in [5.41, 5.74) is 0. The second kappa shape index (κ2) is 64.2. The normalized spacial score (nSPS) is 14.0. The van der Waals surface area contributed by atoms with Crippen LogP contribution in [0.1, 0.15) is 329 Å². The van der Waals surface area contributed by atoms with Gasteiger partial charge in [-0.05, 0) is 109 Å². The molecule has 0 radical (unpaired) electrons. The van der Waals surface area contributed by atoms with Crippen LogP contribution in [-0.2, 0) is 27.9 Å². The van der Waals surface area contributed by atoms with Crippen LogP contribution in [0.2, 0.25) is 0 Å². The summed E-state index contributed by atoms with van der Waals surface area (Å²) in [6.45, 7) is 6.99. The van der Waals surface area contributed by atoms with Crippen LogP contribution in [-0.4, -0.2) is 74.3 Å². The van der Waals surface area contributed by atoms with E-state index in [0.29, 0.717) is 17.4 Å². The third-order valence-corrected chi connectivity index (χ3v) is 16.8. The fraction of sp³-hybridized carbons (Fsp3) is 0.787. The summed E-state index contributed by atoms with van der Waals surface area (Å²) < 4.78 is 30.9. The van der Waals surface area contributed by atoms with Gasteiger partial charge in [0.25, 0.3) is 0 Å². The van der Waals surface area contributed by atoms with Gasteiger partial charge in [-0.25, -0.2) is 4.57 Å². The van der Waals surface area contributed by atoms with Crippen molar-refractivity contribution in [3.05, 3.63) is 85.1 Å². The summed E-state index contributed by atoms with van der Waals surface area (Å²) in [5.74, 6) is -0.507. The number of likely N-dealkylation sites (N-methyl/N-ethyl adjacent to an activating group) is 1. The van der Waals surface area contributed by atoms with Gasteiger partial charge in [0.1, 0.15) is 19.3 Å². The van der Waals surface area contributed by atoms with Crippen molar-refractivity contribution in [2.75, 3.05) is 40.9 Å². The molecular formula is C75H138N2O7P+. The van der Waals surface area contributed by atoms with Gasteiger partial charge in [0.2, 0.25) is 5.91 Å². The number of allylic oxidation sites excluding steroid dienone is 13. The number of nitrogens with zero attached hydrogens (tertiary/aromatic N) is 1. The number of amides is 1. The van der Waals surface area contributed by atoms with Gasteiger partial charge in [-0.2, -0.15) is 0 Å². The minimum atomic E-state index is -4.46. The molecule has 0 heterocycles. The molecule has 0 rings (SSSR count). The zero-order chi connectivity index (χ0) is 62.1. The Kier molecular flexibility index (Phi) is 62.1. The van der Waals surface area contributed by atoms with Gasteiger partial charge in [0.05, 0.1) is 33.8 Å². The lowest BCUT2D eigenvalue weighted by atomic mass is 10.0. The fourth-order valence-electron chi connectivity index (χ4n) is 10.2. The first-order valence-electron chi connectivity index (χ1n) is 35.9. The Labute approximate surface area is 526 Å². The molecular weight excluding hydrogens is 1070 g/mol. The van der Waals surface area contributed by atoms with E-state index in [9.17, 15) is 19.0 Å². The molecule has 85 heavy (non-hydrogen) atoms. The van der Waals surface area contributed by atoms with E-state index >= 15 is 0 Å². The number of rotatable bonds is 65. The number of ether oxygens (including phenoxy) is 1. The Bertz CT molecular complexity index is 1730. The van der Waals surface area contributed by atoms with Crippen molar-refractivity contribution in [2.45, 2.75) is 341 Å². The molecule has 0 aliphatic carbocycles. The molecule has 10 heteroatoms. The lowest BCUT2D eigenvalue weighted by Gasteiger charge is -2.27. The third kappa shape index (κ3) is 65.5. The number of nitrogens with one attached hydrogen (secondary N) is 1. The van der Waals surface area contributed by atoms with Gasteiger partial charge < -0.3 is 19.4 Å². The van der Waals surface area contributed by atoms with E-state index in [2.05, 4.69) is 99.0 Å². The van der Waals surface area contributed by atoms with Crippen LogP contribution < -0.4 is 5.32 Å². The molecule has 0 bridgehead atoms. The van der Waals surface area contributed by atoms with Crippen LogP contribution in [0.3, 0.4) is 0 Å². The highest BCUT2D eigenvalue weighted by Gasteiger charge is 2.30. The first kappa shape index (κ1) is 82.2. The molecule has 0 aromatic heterocycles. The average molecular weight is 1210 g/mol. The number of hydrogen-bond acceptors (Lipinski definition) is 6. The molecule has 3 unspecified atom stereocenters. The Balaban J connectivity index is 5.13. The standard InChI is InChI=1S/C75H137N2O7P/c1-7-10-13-16-19-22-25-28-30-32-34-36-38-40-42-44-46-49-52-55-58-61-64-67-74(78)76-72(71-83-85(80,81)82-70-69-77(4,5)6)73(66-63-60-57-54-51-48-27-24-21-18-15-12-9-3)84-75(79)68-65-62-59-56-53-50-47-45-43-41-39-37-35-33-31-29-26-23-20-17-14-11-8-2/h19-20,22-23,28-31,34-37,63,66,72-73H,7-18,21,24-27,32-33,38-62,64-65,67-71H2,1-6H3,(H-,76,78,80,81)/p+1/b22-19-,23-20-,30-28-,31-29-,36-34-,37-35-,66-63+. The van der Waals surface area contributed by atoms with E-state index in [1.54, 1.807) is 0 Å². The van der Waals surface area contributed by atoms with Crippen molar-refractivity contribution >= 4 is 19.7 Å². The number of carbonyl (C=O) groups is 2. The highest BCUT2D eigenvalue weighted by molar-refractivity contribution is 7.47. The number of quaternary nitrogens is 1. The average Bonchev–Trinajstić information content (AvgIpc) is 3.52. The van der Waals surface area contributed by atoms with Gasteiger partial charge in [0.15, 0.2) is 0 Å². The van der Waals surface area contributed by atoms with Gasteiger partial charge in [0, 0.05) is 12.8 Å². The highest BCUT2D eigenvalue weighted by Crippen LogP contribution is 2.43. The highest BCUT2D eigenvalue weighted by atomic mass is 31.2. The van der Waals surface area contributed by atoms with Crippen LogP contribution in [0.5, 0.6) is 0 Å². The lowest BCUT2D eigenvalue weighted by molar-refractivity contribution is -0.870. The predicted molar refractivity (Wildman–Crippen MR) is 369 cm³/mol. The van der Waals surface area contributed by atoms with Crippen LogP contribution in [0.4, 0.5) is 0 Å². The Morgan fingerprint density at radius 3 is 1.09 bits per heavy atom. The van der Waals surface area contributed by atoms with Gasteiger partial charge >= 0.3 is 13.8 Å². The summed E-state index contributed by atoms with van der Waals surface area (Å²) in [6.07, 6.45) is 85.8. The second-order valence-corrected chi connectivity index (χ2v) is 26.9. The van der Waals surface area contributed by atoms with E-state index < -0.39 is 20.0 Å². The van der Waals surface area contributed by atoms with E-state index in [1.807, 2.05) is 33.3 Å². The number of phosphoric acid groups is 1. The molecule has 3 atom stereocenters. The van der Waals surface area contributed by atoms with E-state index in [-0.39, 0.29) is 31.5 Å². The Morgan fingerprint density at radius 1 is 0.412 bits per heavy atom. The zero-order valence-electron chi connectivity index (χ0n) is 56.6. The quantitative estimate of drug-likeness (QED) is 0.0205. The molecule has 2 N–H and O–H groups in total. The second-order valence-electron chi connectivity index (χ2n) is 25.4. The Morgan fingerprint density at radius 2 is 0.718 bits per heavy atom. The maximum Gasteiger partial charge on any atom is 0.472 e. The number of unbranched alkanes of at least 4 members (excludes halogenated alkanes) is 37. The molecule has 1 amide bonds. The SMILES string of the molecule is CCCCC/C=C\C/C=C\C/C=C\CCCCCCCCCCCCC(=O)NC(COP(=O)(O)OCC[N+](C)(C)C)C(/C=C/CCCCCCCCCCCCC)OC(=O)CCCCCCCCCCCC/C=C\C/C=C\C/C=C\CCCCC. The van der Waals surface area contributed by atoms with Gasteiger partial charge in [-0.1, -0.05) is 292 Å². The molecule has 0 aliphatic rings. The molecule has 0 aliphatic heterocycles. The molecule has 9 nitrogen and oxygen atoms in total. The first-order chi connectivity index (χ1) is 41.4. The number of hydrogen-bond donors (Lipinski definition) is 2. The number of esters is 1. The Hall–Kier alpha value is -2.81. The molecule has 0 aromatic carbocycles. The van der Waals surface area contributed by atoms with E-state index in [4.69, 9.17) is 13.8 Å². The largest absolute Gasteiger partial charge is 0.472 e. The summed E-state index contributed by atoms with van der Waals surface area (Å²) in [4.78, 5) is 37.9. The third-order valence-electron chi connectivity index (χ3n) is 15.8. The van der Waals surface area contributed by atoms with Gasteiger partial charge in [-0.15, -0.1) is 0 Å². The van der Waals surface area contributed by atoms with Crippen LogP contribution in [0.25, 0.3) is 0 Å². The van der Waals surface area contributed by atoms with Crippen LogP contribution >= 0.6 is 7.82 Å². The molecule has 0 aromatic rings. The minimum Gasteiger partial charge on any atom is -0.456 e. The number of carbonyl (C=O) groups excluding carboxylic acids is 2. The monoisotopic (exact) mass is 1210 g/mol. The first-order valence-corrected chi connectivity index (χ1v) is 37.4. The van der Waals surface area contributed by atoms with E-state index in [1.165, 1.54) is 212 Å². The molecule has 0 fully saturated rings. The van der Waals surface area contributed by atoms with Crippen molar-refractivity contribution in [3.63, 3.8) is 0 Å². The molecule has 0 spiro atoms. The van der Waals surface area contributed by atoms with Crippen LogP contribution in [0.15, 0.2) is 85.1 Å². The summed E-state index contributed by atoms with van der Waals surface area (Å²) in [5, 5.41) is 3.07. The summed E-state index contributed by atoms with van der Waals surface area (Å²) in [6, 6.07) is -0.857. The van der Waals surface area contributed by atoms with Crippen molar-refractivity contribution in [2.24, 2.45) is 0 Å². The van der Waals surface area contributed by atoms with Gasteiger partial charge in [-0.3, -0.25) is 18.6 Å². The molecule has 0 saturated heterocycles. The molecule has 0 saturated carbocycles. The topological polar surface area (TPSA) is 111 Å². The zero-order valence-corrected chi connectivity index (χ0v) is 57.5. The smallest absolute Gasteiger partial charge is 0.456 e. The molecule has 494 valence electrons. The van der Waals surface area contributed by atoms with Crippen molar-refractivity contribution in [3.8, 4) is 0 Å². The lowest BCUT2D eigenvalue weighted by Crippen LogP contribution is -2.47. The van der Waals surface area contributed by atoms with Crippen molar-refractivity contribution < 1.29 is 37.3 Å². The maximum absolute atomic E-state index is 13.6. The van der Waals surface area contributed by atoms with E-state index in [0.717, 1.165) is 83.5 Å². The maximum atomic E-state index is 13.6. The van der Waals surface area contributed by atoms with Crippen molar-refractivity contribution in [1.82, 2.24) is 5.32 Å². The number of phosphoric ester groups is 1. The van der Waals surface area contributed by atoms with Crippen LogP contribution in [0, 0.1) is 0 Å². The predicted octanol–water partition coefficient (Wildman–Crippen LogP) is 22.9. The fourth-order valence-corrected chi connectivity index (χ4v) is 11.0. The van der Waals surface area contributed by atoms with Crippen molar-refractivity contribution in [1.29, 1.82) is 0 Å². The summed E-state index contributed by atoms with van der Waals surface area (Å²) in [7, 11) is 1.49. The summed E-state index contributed by atoms with van der Waals surface area (Å²) >= 11 is 0.